The molecular formula is C27H22N2O5. The van der Waals surface area contributed by atoms with Gasteiger partial charge in [0.15, 0.2) is 0 Å². The van der Waals surface area contributed by atoms with Crippen LogP contribution < -0.4 is 9.64 Å². The first-order valence-corrected chi connectivity index (χ1v) is 10.5. The maximum absolute atomic E-state index is 13.3. The molecule has 1 aliphatic heterocycles. The van der Waals surface area contributed by atoms with E-state index >= 15 is 0 Å². The predicted octanol–water partition coefficient (Wildman–Crippen LogP) is 4.52. The summed E-state index contributed by atoms with van der Waals surface area (Å²) in [6, 6.07) is 17.0. The number of aliphatic hydroxyl groups is 1. The fourth-order valence-electron chi connectivity index (χ4n) is 4.31. The van der Waals surface area contributed by atoms with E-state index in [1.165, 1.54) is 24.1 Å². The molecule has 170 valence electrons. The highest BCUT2D eigenvalue weighted by molar-refractivity contribution is 6.51. The number of ketones is 1. The first kappa shape index (κ1) is 22.6. The summed E-state index contributed by atoms with van der Waals surface area (Å²) in [5.41, 5.74) is 3.15. The van der Waals surface area contributed by atoms with Crippen molar-refractivity contribution >= 4 is 23.1 Å². The Bertz CT molecular complexity index is 1370. The zero-order valence-electron chi connectivity index (χ0n) is 18.9. The number of benzene rings is 3. The number of nitrogens with zero attached hydrogens (tertiary/aromatic N) is 2. The van der Waals surface area contributed by atoms with E-state index in [2.05, 4.69) is 0 Å². The van der Waals surface area contributed by atoms with Crippen LogP contribution in [0.15, 0.2) is 66.2 Å². The number of phenols is 1. The lowest BCUT2D eigenvalue weighted by Crippen LogP contribution is -2.29. The van der Waals surface area contributed by atoms with Crippen LogP contribution in [0.25, 0.3) is 5.76 Å². The van der Waals surface area contributed by atoms with Crippen LogP contribution in [0.5, 0.6) is 11.5 Å². The van der Waals surface area contributed by atoms with Gasteiger partial charge in [-0.15, -0.1) is 0 Å². The van der Waals surface area contributed by atoms with Gasteiger partial charge < -0.3 is 14.9 Å². The number of Topliss-reactive ketones (excluding diaryl/α,β-unsaturated/α-hetero) is 1. The maximum Gasteiger partial charge on any atom is 0.300 e. The van der Waals surface area contributed by atoms with Crippen molar-refractivity contribution < 1.29 is 24.5 Å². The summed E-state index contributed by atoms with van der Waals surface area (Å²) in [7, 11) is 1.47. The summed E-state index contributed by atoms with van der Waals surface area (Å²) >= 11 is 0. The van der Waals surface area contributed by atoms with E-state index < -0.39 is 17.7 Å². The largest absolute Gasteiger partial charge is 0.508 e. The van der Waals surface area contributed by atoms with E-state index in [4.69, 9.17) is 10.00 Å². The minimum absolute atomic E-state index is 0.0232. The molecule has 1 aliphatic rings. The number of ether oxygens (including phenoxy) is 1. The number of amides is 1. The number of aromatic hydroxyl groups is 1. The van der Waals surface area contributed by atoms with E-state index in [9.17, 15) is 19.8 Å². The topological polar surface area (TPSA) is 111 Å². The fourth-order valence-corrected chi connectivity index (χ4v) is 4.31. The summed E-state index contributed by atoms with van der Waals surface area (Å²) in [5.74, 6) is -1.59. The molecule has 0 radical (unpaired) electrons. The minimum atomic E-state index is -0.959. The van der Waals surface area contributed by atoms with Crippen molar-refractivity contribution in [2.45, 2.75) is 19.9 Å². The predicted molar refractivity (Wildman–Crippen MR) is 127 cm³/mol. The third kappa shape index (κ3) is 3.76. The van der Waals surface area contributed by atoms with Crippen LogP contribution in [0, 0.1) is 25.2 Å². The van der Waals surface area contributed by atoms with E-state index in [1.807, 2.05) is 26.0 Å². The third-order valence-electron chi connectivity index (χ3n) is 5.81. The summed E-state index contributed by atoms with van der Waals surface area (Å²) in [6.07, 6.45) is 0. The van der Waals surface area contributed by atoms with Crippen molar-refractivity contribution in [1.29, 1.82) is 5.26 Å². The number of phenolic OH excluding ortho intramolecular Hbond substituents is 1. The second kappa shape index (κ2) is 8.75. The van der Waals surface area contributed by atoms with Crippen LogP contribution in [0.2, 0.25) is 0 Å². The fraction of sp³-hybridized carbons (Fsp3) is 0.148. The lowest BCUT2D eigenvalue weighted by molar-refractivity contribution is -0.132. The molecule has 1 fully saturated rings. The lowest BCUT2D eigenvalue weighted by atomic mass is 9.93. The Hall–Kier alpha value is -4.57. The van der Waals surface area contributed by atoms with Crippen LogP contribution >= 0.6 is 0 Å². The molecule has 3 aromatic rings. The summed E-state index contributed by atoms with van der Waals surface area (Å²) in [6.45, 7) is 3.69. The Morgan fingerprint density at radius 1 is 1.03 bits per heavy atom. The standard InChI is InChI=1S/C27H22N2O5/c1-15-12-16(2)26(34-3)21(13-15)24(31)22-23(18-6-10-20(30)11-7-18)29(27(33)25(22)32)19-8-4-17(14-28)5-9-19/h4-13,23,30-31H,1-3H3/b24-22+. The highest BCUT2D eigenvalue weighted by atomic mass is 16.5. The number of carbonyl (C=O) groups is 2. The smallest absolute Gasteiger partial charge is 0.300 e. The molecule has 1 amide bonds. The second-order valence-corrected chi connectivity index (χ2v) is 8.08. The first-order chi connectivity index (χ1) is 16.3. The van der Waals surface area contributed by atoms with Gasteiger partial charge in [0.25, 0.3) is 11.7 Å². The van der Waals surface area contributed by atoms with Crippen molar-refractivity contribution in [2.24, 2.45) is 0 Å². The van der Waals surface area contributed by atoms with Crippen molar-refractivity contribution in [1.82, 2.24) is 0 Å². The lowest BCUT2D eigenvalue weighted by Gasteiger charge is -2.25. The van der Waals surface area contributed by atoms with Gasteiger partial charge in [0, 0.05) is 5.69 Å². The number of anilines is 1. The summed E-state index contributed by atoms with van der Waals surface area (Å²) < 4.78 is 5.50. The number of rotatable bonds is 4. The molecule has 1 atom stereocenters. The van der Waals surface area contributed by atoms with Gasteiger partial charge in [0.05, 0.1) is 35.9 Å². The number of aryl methyl sites for hydroxylation is 2. The minimum Gasteiger partial charge on any atom is -0.508 e. The average molecular weight is 454 g/mol. The second-order valence-electron chi connectivity index (χ2n) is 8.08. The molecule has 1 heterocycles. The zero-order chi connectivity index (χ0) is 24.6. The molecule has 0 aliphatic carbocycles. The van der Waals surface area contributed by atoms with Gasteiger partial charge in [0.2, 0.25) is 0 Å². The Labute approximate surface area is 196 Å². The molecule has 0 saturated carbocycles. The molecular weight excluding hydrogens is 432 g/mol. The molecule has 0 bridgehead atoms. The molecule has 2 N–H and O–H groups in total. The Kier molecular flexibility index (Phi) is 5.82. The van der Waals surface area contributed by atoms with Gasteiger partial charge in [-0.05, 0) is 73.0 Å². The monoisotopic (exact) mass is 454 g/mol. The van der Waals surface area contributed by atoms with Crippen LogP contribution in [0.4, 0.5) is 5.69 Å². The average Bonchev–Trinajstić information content (AvgIpc) is 3.09. The van der Waals surface area contributed by atoms with Crippen LogP contribution in [0.3, 0.4) is 0 Å². The number of methoxy groups -OCH3 is 1. The molecule has 0 aromatic heterocycles. The number of nitriles is 1. The highest BCUT2D eigenvalue weighted by Crippen LogP contribution is 2.44. The van der Waals surface area contributed by atoms with Crippen molar-refractivity contribution in [3.63, 3.8) is 0 Å². The van der Waals surface area contributed by atoms with Gasteiger partial charge in [-0.3, -0.25) is 14.5 Å². The van der Waals surface area contributed by atoms with Gasteiger partial charge in [-0.1, -0.05) is 18.2 Å². The SMILES string of the molecule is COc1c(C)cc(C)cc1/C(O)=C1\C(=O)C(=O)N(c2ccc(C#N)cc2)C1c1ccc(O)cc1. The van der Waals surface area contributed by atoms with E-state index in [1.54, 1.807) is 42.5 Å². The third-order valence-corrected chi connectivity index (χ3v) is 5.81. The first-order valence-electron chi connectivity index (χ1n) is 10.5. The quantitative estimate of drug-likeness (QED) is 0.341. The number of aliphatic hydroxyl groups excluding tert-OH is 1. The van der Waals surface area contributed by atoms with E-state index in [0.29, 0.717) is 28.1 Å². The molecule has 7 heteroatoms. The van der Waals surface area contributed by atoms with Crippen molar-refractivity contribution in [2.75, 3.05) is 12.0 Å². The molecule has 34 heavy (non-hydrogen) atoms. The molecule has 3 aromatic carbocycles. The number of carbonyl (C=O) groups excluding carboxylic acids is 2. The highest BCUT2D eigenvalue weighted by Gasteiger charge is 2.47. The van der Waals surface area contributed by atoms with Crippen molar-refractivity contribution in [3.8, 4) is 17.6 Å². The Morgan fingerprint density at radius 2 is 1.68 bits per heavy atom. The van der Waals surface area contributed by atoms with Crippen LogP contribution in [-0.2, 0) is 9.59 Å². The number of hydrogen-bond donors (Lipinski definition) is 2. The van der Waals surface area contributed by atoms with Crippen LogP contribution in [-0.4, -0.2) is 29.0 Å². The van der Waals surface area contributed by atoms with E-state index in [0.717, 1.165) is 11.1 Å². The maximum atomic E-state index is 13.3. The molecule has 4 rings (SSSR count). The number of hydrogen-bond acceptors (Lipinski definition) is 6. The van der Waals surface area contributed by atoms with Gasteiger partial charge in [0.1, 0.15) is 17.3 Å². The Morgan fingerprint density at radius 3 is 2.26 bits per heavy atom. The van der Waals surface area contributed by atoms with E-state index in [-0.39, 0.29) is 17.1 Å². The molecule has 1 unspecified atom stereocenters. The van der Waals surface area contributed by atoms with Gasteiger partial charge >= 0.3 is 0 Å². The molecule has 0 spiro atoms. The Balaban J connectivity index is 1.99. The molecule has 1 saturated heterocycles. The summed E-state index contributed by atoms with van der Waals surface area (Å²) in [4.78, 5) is 27.8. The zero-order valence-corrected chi connectivity index (χ0v) is 18.9. The normalized spacial score (nSPS) is 17.0. The van der Waals surface area contributed by atoms with Gasteiger partial charge in [-0.2, -0.15) is 5.26 Å². The van der Waals surface area contributed by atoms with Crippen LogP contribution in [0.1, 0.15) is 33.9 Å². The van der Waals surface area contributed by atoms with Crippen molar-refractivity contribution in [3.05, 3.63) is 94.1 Å². The van der Waals surface area contributed by atoms with Gasteiger partial charge in [-0.25, -0.2) is 0 Å². The summed E-state index contributed by atoms with van der Waals surface area (Å²) in [5, 5.41) is 30.3. The molecule has 7 nitrogen and oxygen atoms in total.